The summed E-state index contributed by atoms with van der Waals surface area (Å²) in [6, 6.07) is -0.579. The Bertz CT molecular complexity index is 986. The van der Waals surface area contributed by atoms with Crippen molar-refractivity contribution in [2.75, 3.05) is 13.2 Å². The van der Waals surface area contributed by atoms with Gasteiger partial charge in [0.05, 0.1) is 25.4 Å². The van der Waals surface area contributed by atoms with Crippen LogP contribution < -0.4 is 5.32 Å². The largest absolute Gasteiger partial charge is 0.466 e. The minimum absolute atomic E-state index is 0.0300. The van der Waals surface area contributed by atoms with E-state index in [0.717, 1.165) is 70.6 Å². The predicted octanol–water partition coefficient (Wildman–Crippen LogP) is 18.5. The van der Waals surface area contributed by atoms with Crippen molar-refractivity contribution in [3.05, 3.63) is 12.2 Å². The van der Waals surface area contributed by atoms with Crippen LogP contribution in [0.25, 0.3) is 0 Å². The van der Waals surface area contributed by atoms with Crippen LogP contribution in [0.3, 0.4) is 0 Å². The van der Waals surface area contributed by atoms with E-state index < -0.39 is 12.1 Å². The molecule has 0 fully saturated rings. The smallest absolute Gasteiger partial charge is 0.305 e. The third-order valence-corrected chi connectivity index (χ3v) is 14.1. The molecule has 66 heavy (non-hydrogen) atoms. The van der Waals surface area contributed by atoms with E-state index in [1.165, 1.54) is 231 Å². The summed E-state index contributed by atoms with van der Waals surface area (Å²) in [4.78, 5) is 24.6. The van der Waals surface area contributed by atoms with Gasteiger partial charge in [0.25, 0.3) is 0 Å². The topological polar surface area (TPSA) is 95.9 Å². The number of unbranched alkanes of at least 4 members (excludes halogenated alkanes) is 43. The molecular formula is C60H117NO5. The standard InChI is InChI=1S/C60H117NO5/c1-3-5-7-9-11-13-15-17-19-21-23-24-25-26-27-29-31-33-36-40-44-48-52-58(63)57(56-62)61-59(64)53-49-45-41-37-35-39-43-47-51-55-66-60(65)54-50-46-42-38-34-32-30-28-22-20-18-16-14-12-10-8-6-4-2/h37,41,57-58,62-63H,3-36,38-40,42-56H2,1-2H3,(H,61,64)/b41-37-. The molecule has 0 rings (SSSR count). The summed E-state index contributed by atoms with van der Waals surface area (Å²) in [5, 5.41) is 23.3. The van der Waals surface area contributed by atoms with Crippen LogP contribution in [-0.2, 0) is 14.3 Å². The van der Waals surface area contributed by atoms with Crippen LogP contribution in [0.5, 0.6) is 0 Å². The summed E-state index contributed by atoms with van der Waals surface area (Å²) < 4.78 is 5.46. The highest BCUT2D eigenvalue weighted by molar-refractivity contribution is 5.76. The van der Waals surface area contributed by atoms with Gasteiger partial charge < -0.3 is 20.3 Å². The van der Waals surface area contributed by atoms with Crippen molar-refractivity contribution in [2.24, 2.45) is 0 Å². The zero-order chi connectivity index (χ0) is 47.9. The van der Waals surface area contributed by atoms with Gasteiger partial charge in [0.15, 0.2) is 0 Å². The van der Waals surface area contributed by atoms with Gasteiger partial charge in [-0.3, -0.25) is 9.59 Å². The number of ether oxygens (including phenoxy) is 1. The van der Waals surface area contributed by atoms with Gasteiger partial charge in [-0.25, -0.2) is 0 Å². The third kappa shape index (κ3) is 52.0. The van der Waals surface area contributed by atoms with E-state index in [1.807, 2.05) is 0 Å². The highest BCUT2D eigenvalue weighted by atomic mass is 16.5. The molecule has 0 aliphatic heterocycles. The third-order valence-electron chi connectivity index (χ3n) is 14.1. The second kappa shape index (κ2) is 56.2. The lowest BCUT2D eigenvalue weighted by molar-refractivity contribution is -0.143. The highest BCUT2D eigenvalue weighted by Crippen LogP contribution is 2.18. The van der Waals surface area contributed by atoms with Gasteiger partial charge in [-0.05, 0) is 44.9 Å². The first-order valence-electron chi connectivity index (χ1n) is 29.9. The number of amides is 1. The van der Waals surface area contributed by atoms with Crippen molar-refractivity contribution >= 4 is 11.9 Å². The summed E-state index contributed by atoms with van der Waals surface area (Å²) in [6.45, 7) is 4.90. The Balaban J connectivity index is 3.49. The van der Waals surface area contributed by atoms with Crippen LogP contribution in [0.2, 0.25) is 0 Å². The van der Waals surface area contributed by atoms with Crippen LogP contribution in [-0.4, -0.2) is 47.4 Å². The molecule has 0 aliphatic rings. The summed E-state index contributed by atoms with van der Waals surface area (Å²) in [5.74, 6) is -0.121. The second-order valence-corrected chi connectivity index (χ2v) is 20.7. The maximum Gasteiger partial charge on any atom is 0.305 e. The molecule has 0 aromatic carbocycles. The quantitative estimate of drug-likeness (QED) is 0.0321. The lowest BCUT2D eigenvalue weighted by atomic mass is 10.0. The van der Waals surface area contributed by atoms with Crippen LogP contribution in [0, 0.1) is 0 Å². The van der Waals surface area contributed by atoms with Gasteiger partial charge in [0.2, 0.25) is 5.91 Å². The summed E-state index contributed by atoms with van der Waals surface area (Å²) in [6.07, 6.45) is 66.5. The molecule has 1 amide bonds. The minimum Gasteiger partial charge on any atom is -0.466 e. The maximum absolute atomic E-state index is 12.5. The SMILES string of the molecule is CCCCCCCCCCCCCCCCCCCCCCCCC(O)C(CO)NC(=O)CCC/C=C\CCCCCCOC(=O)CCCCCCCCCCCCCCCCCCCC. The zero-order valence-corrected chi connectivity index (χ0v) is 44.7. The molecule has 0 saturated heterocycles. The van der Waals surface area contributed by atoms with E-state index in [1.54, 1.807) is 0 Å². The van der Waals surface area contributed by atoms with Gasteiger partial charge in [0.1, 0.15) is 0 Å². The van der Waals surface area contributed by atoms with Gasteiger partial charge in [-0.2, -0.15) is 0 Å². The molecule has 392 valence electrons. The number of hydrogen-bond acceptors (Lipinski definition) is 5. The van der Waals surface area contributed by atoms with E-state index >= 15 is 0 Å². The maximum atomic E-state index is 12.5. The minimum atomic E-state index is -0.695. The van der Waals surface area contributed by atoms with E-state index in [2.05, 4.69) is 31.3 Å². The molecule has 0 heterocycles. The Morgan fingerprint density at radius 3 is 1.11 bits per heavy atom. The Labute approximate surface area is 412 Å². The van der Waals surface area contributed by atoms with Crippen molar-refractivity contribution in [2.45, 2.75) is 347 Å². The Kier molecular flexibility index (Phi) is 55.0. The molecule has 0 spiro atoms. The molecule has 6 nitrogen and oxygen atoms in total. The molecule has 6 heteroatoms. The van der Waals surface area contributed by atoms with Crippen molar-refractivity contribution in [3.8, 4) is 0 Å². The Hall–Kier alpha value is -1.40. The second-order valence-electron chi connectivity index (χ2n) is 20.7. The molecule has 0 aromatic heterocycles. The molecule has 0 radical (unpaired) electrons. The van der Waals surface area contributed by atoms with E-state index in [-0.39, 0.29) is 18.5 Å². The number of nitrogens with one attached hydrogen (secondary N) is 1. The molecule has 2 atom stereocenters. The Morgan fingerprint density at radius 1 is 0.409 bits per heavy atom. The van der Waals surface area contributed by atoms with E-state index in [4.69, 9.17) is 4.74 Å². The normalized spacial score (nSPS) is 12.6. The van der Waals surface area contributed by atoms with Crippen molar-refractivity contribution < 1.29 is 24.5 Å². The van der Waals surface area contributed by atoms with Crippen molar-refractivity contribution in [1.82, 2.24) is 5.32 Å². The first-order chi connectivity index (χ1) is 32.5. The molecule has 0 aliphatic carbocycles. The van der Waals surface area contributed by atoms with Crippen LogP contribution in [0.1, 0.15) is 335 Å². The van der Waals surface area contributed by atoms with E-state index in [9.17, 15) is 19.8 Å². The number of aliphatic hydroxyl groups excluding tert-OH is 2. The fourth-order valence-corrected chi connectivity index (χ4v) is 9.47. The van der Waals surface area contributed by atoms with Crippen LogP contribution in [0.4, 0.5) is 0 Å². The van der Waals surface area contributed by atoms with Gasteiger partial charge in [-0.15, -0.1) is 0 Å². The molecule has 0 aromatic rings. The molecule has 2 unspecified atom stereocenters. The molecular weight excluding hydrogens is 815 g/mol. The average Bonchev–Trinajstić information content (AvgIpc) is 3.32. The van der Waals surface area contributed by atoms with Crippen molar-refractivity contribution in [1.29, 1.82) is 0 Å². The van der Waals surface area contributed by atoms with Gasteiger partial charge >= 0.3 is 5.97 Å². The fourth-order valence-electron chi connectivity index (χ4n) is 9.47. The van der Waals surface area contributed by atoms with Gasteiger partial charge in [0, 0.05) is 12.8 Å². The zero-order valence-electron chi connectivity index (χ0n) is 44.7. The highest BCUT2D eigenvalue weighted by Gasteiger charge is 2.20. The predicted molar refractivity (Wildman–Crippen MR) is 287 cm³/mol. The number of carbonyl (C=O) groups is 2. The number of hydrogen-bond donors (Lipinski definition) is 3. The number of carbonyl (C=O) groups excluding carboxylic acids is 2. The lowest BCUT2D eigenvalue weighted by Gasteiger charge is -2.22. The lowest BCUT2D eigenvalue weighted by Crippen LogP contribution is -2.45. The summed E-state index contributed by atoms with van der Waals surface area (Å²) >= 11 is 0. The monoisotopic (exact) mass is 932 g/mol. The van der Waals surface area contributed by atoms with Gasteiger partial charge in [-0.1, -0.05) is 289 Å². The Morgan fingerprint density at radius 2 is 0.727 bits per heavy atom. The van der Waals surface area contributed by atoms with E-state index in [0.29, 0.717) is 25.9 Å². The van der Waals surface area contributed by atoms with Crippen LogP contribution >= 0.6 is 0 Å². The summed E-state index contributed by atoms with van der Waals surface area (Å²) in [7, 11) is 0. The number of allylic oxidation sites excluding steroid dienone is 2. The van der Waals surface area contributed by atoms with Crippen molar-refractivity contribution in [3.63, 3.8) is 0 Å². The van der Waals surface area contributed by atoms with Crippen LogP contribution in [0.15, 0.2) is 12.2 Å². The number of aliphatic hydroxyl groups is 2. The molecule has 0 saturated carbocycles. The average molecular weight is 933 g/mol. The number of esters is 1. The fraction of sp³-hybridized carbons (Fsp3) is 0.933. The first-order valence-corrected chi connectivity index (χ1v) is 29.9. The molecule has 0 bridgehead atoms. The first kappa shape index (κ1) is 64.6. The summed E-state index contributed by atoms with van der Waals surface area (Å²) in [5.41, 5.74) is 0. The molecule has 3 N–H and O–H groups in total. The number of rotatable bonds is 56.